The third kappa shape index (κ3) is 4.57. The molecule has 0 saturated carbocycles. The Hall–Kier alpha value is -3.56. The highest BCUT2D eigenvalue weighted by Crippen LogP contribution is 2.40. The highest BCUT2D eigenvalue weighted by atomic mass is 16.6. The second-order valence-corrected chi connectivity index (χ2v) is 8.61. The summed E-state index contributed by atoms with van der Waals surface area (Å²) in [6.07, 6.45) is 0. The third-order valence-electron chi connectivity index (χ3n) is 6.37. The van der Waals surface area contributed by atoms with Gasteiger partial charge in [-0.25, -0.2) is 0 Å². The SMILES string of the molecule is Cc1ccc(C)c(/C(O)=C2/C(=O)C(=O)N(CCN3CCOCC3)C2c2ccc([N+](=O)[O-])cc2)c1. The molecule has 0 bridgehead atoms. The Morgan fingerprint density at radius 3 is 2.41 bits per heavy atom. The fourth-order valence-corrected chi connectivity index (χ4v) is 4.45. The van der Waals surface area contributed by atoms with Gasteiger partial charge in [-0.15, -0.1) is 0 Å². The third-order valence-corrected chi connectivity index (χ3v) is 6.37. The number of aryl methyl sites for hydroxylation is 2. The van der Waals surface area contributed by atoms with E-state index in [0.717, 1.165) is 24.2 Å². The quantitative estimate of drug-likeness (QED) is 0.229. The van der Waals surface area contributed by atoms with Crippen molar-refractivity contribution in [2.45, 2.75) is 19.9 Å². The Kier molecular flexibility index (Phi) is 6.76. The molecule has 2 heterocycles. The number of ketones is 1. The molecule has 2 aliphatic rings. The number of rotatable bonds is 6. The molecule has 2 saturated heterocycles. The molecule has 34 heavy (non-hydrogen) atoms. The summed E-state index contributed by atoms with van der Waals surface area (Å²) in [6.45, 7) is 7.20. The first kappa shape index (κ1) is 23.6. The van der Waals surface area contributed by atoms with Gasteiger partial charge in [-0.05, 0) is 43.2 Å². The Morgan fingerprint density at radius 1 is 1.09 bits per heavy atom. The Bertz CT molecular complexity index is 1150. The molecule has 9 nitrogen and oxygen atoms in total. The molecule has 1 atom stereocenters. The number of aliphatic hydroxyl groups excluding tert-OH is 1. The van der Waals surface area contributed by atoms with E-state index < -0.39 is 22.7 Å². The summed E-state index contributed by atoms with van der Waals surface area (Å²) in [6, 6.07) is 10.4. The minimum Gasteiger partial charge on any atom is -0.507 e. The maximum atomic E-state index is 13.2. The molecule has 1 N–H and O–H groups in total. The number of benzene rings is 2. The number of nitro groups is 1. The van der Waals surface area contributed by atoms with Crippen molar-refractivity contribution in [1.82, 2.24) is 9.80 Å². The van der Waals surface area contributed by atoms with Crippen LogP contribution in [0.15, 0.2) is 48.0 Å². The monoisotopic (exact) mass is 465 g/mol. The summed E-state index contributed by atoms with van der Waals surface area (Å²) in [5.41, 5.74) is 2.58. The van der Waals surface area contributed by atoms with E-state index in [-0.39, 0.29) is 23.6 Å². The molecule has 0 spiro atoms. The van der Waals surface area contributed by atoms with Gasteiger partial charge in [0.05, 0.1) is 29.8 Å². The maximum absolute atomic E-state index is 13.2. The average Bonchev–Trinajstić information content (AvgIpc) is 3.09. The molecule has 9 heteroatoms. The average molecular weight is 466 g/mol. The summed E-state index contributed by atoms with van der Waals surface area (Å²) in [4.78, 5) is 40.5. The number of likely N-dealkylation sites (tertiary alicyclic amines) is 1. The number of carbonyl (C=O) groups is 2. The van der Waals surface area contributed by atoms with E-state index in [1.165, 1.54) is 29.2 Å². The number of Topliss-reactive ketones (excluding diaryl/α,β-unsaturated/α-hetero) is 1. The molecule has 0 aromatic heterocycles. The maximum Gasteiger partial charge on any atom is 0.295 e. The topological polar surface area (TPSA) is 113 Å². The largest absolute Gasteiger partial charge is 0.507 e. The number of aliphatic hydroxyl groups is 1. The van der Waals surface area contributed by atoms with Crippen LogP contribution in [0, 0.1) is 24.0 Å². The standard InChI is InChI=1S/C25H27N3O6/c1-16-3-4-17(2)20(15-16)23(29)21-22(18-5-7-19(8-6-18)28(32)33)27(25(31)24(21)30)10-9-26-11-13-34-14-12-26/h3-8,15,22,29H,9-14H2,1-2H3/b23-21-. The molecule has 1 amide bonds. The molecule has 4 rings (SSSR count). The van der Waals surface area contributed by atoms with Crippen LogP contribution in [0.1, 0.15) is 28.3 Å². The molecular formula is C25H27N3O6. The number of hydrogen-bond acceptors (Lipinski definition) is 7. The molecule has 2 aromatic carbocycles. The first-order valence-corrected chi connectivity index (χ1v) is 11.2. The van der Waals surface area contributed by atoms with Crippen LogP contribution in [0.3, 0.4) is 0 Å². The predicted molar refractivity (Wildman–Crippen MR) is 125 cm³/mol. The number of amides is 1. The van der Waals surface area contributed by atoms with Crippen LogP contribution in [0.2, 0.25) is 0 Å². The van der Waals surface area contributed by atoms with Crippen LogP contribution < -0.4 is 0 Å². The van der Waals surface area contributed by atoms with Gasteiger partial charge in [-0.2, -0.15) is 0 Å². The molecular weight excluding hydrogens is 438 g/mol. The molecule has 178 valence electrons. The van der Waals surface area contributed by atoms with Gasteiger partial charge in [-0.1, -0.05) is 17.7 Å². The summed E-state index contributed by atoms with van der Waals surface area (Å²) >= 11 is 0. The van der Waals surface area contributed by atoms with Gasteiger partial charge in [-0.3, -0.25) is 24.6 Å². The van der Waals surface area contributed by atoms with E-state index in [0.29, 0.717) is 30.9 Å². The normalized spacial score (nSPS) is 20.6. The lowest BCUT2D eigenvalue weighted by Crippen LogP contribution is -2.42. The van der Waals surface area contributed by atoms with Crippen molar-refractivity contribution in [2.24, 2.45) is 0 Å². The van der Waals surface area contributed by atoms with Crippen LogP contribution in [0.5, 0.6) is 0 Å². The lowest BCUT2D eigenvalue weighted by Gasteiger charge is -2.31. The number of nitrogens with zero attached hydrogens (tertiary/aromatic N) is 3. The Balaban J connectivity index is 1.78. The van der Waals surface area contributed by atoms with Crippen LogP contribution in [0.4, 0.5) is 5.69 Å². The zero-order valence-corrected chi connectivity index (χ0v) is 19.2. The van der Waals surface area contributed by atoms with Gasteiger partial charge in [0, 0.05) is 43.9 Å². The minimum absolute atomic E-state index is 0.00506. The number of morpholine rings is 1. The van der Waals surface area contributed by atoms with Crippen molar-refractivity contribution in [3.05, 3.63) is 80.4 Å². The zero-order chi connectivity index (χ0) is 24.4. The van der Waals surface area contributed by atoms with Crippen LogP contribution >= 0.6 is 0 Å². The van der Waals surface area contributed by atoms with Gasteiger partial charge in [0.15, 0.2) is 0 Å². The van der Waals surface area contributed by atoms with Crippen LogP contribution in [-0.4, -0.2) is 70.9 Å². The van der Waals surface area contributed by atoms with Crippen LogP contribution in [0.25, 0.3) is 5.76 Å². The summed E-state index contributed by atoms with van der Waals surface area (Å²) in [5.74, 6) is -1.69. The number of nitro benzene ring substituents is 1. The van der Waals surface area contributed by atoms with E-state index >= 15 is 0 Å². The van der Waals surface area contributed by atoms with Crippen molar-refractivity contribution in [3.8, 4) is 0 Å². The van der Waals surface area contributed by atoms with Crippen molar-refractivity contribution in [3.63, 3.8) is 0 Å². The van der Waals surface area contributed by atoms with Crippen molar-refractivity contribution >= 4 is 23.1 Å². The van der Waals surface area contributed by atoms with Gasteiger partial charge < -0.3 is 14.7 Å². The first-order chi connectivity index (χ1) is 16.3. The zero-order valence-electron chi connectivity index (χ0n) is 19.2. The van der Waals surface area contributed by atoms with E-state index in [1.807, 2.05) is 26.0 Å². The van der Waals surface area contributed by atoms with Gasteiger partial charge in [0.25, 0.3) is 17.4 Å². The summed E-state index contributed by atoms with van der Waals surface area (Å²) in [5, 5.41) is 22.4. The predicted octanol–water partition coefficient (Wildman–Crippen LogP) is 2.97. The molecule has 0 radical (unpaired) electrons. The Labute approximate surface area is 197 Å². The number of ether oxygens (including phenoxy) is 1. The van der Waals surface area contributed by atoms with E-state index in [2.05, 4.69) is 4.90 Å². The number of non-ortho nitro benzene ring substituents is 1. The lowest BCUT2D eigenvalue weighted by atomic mass is 9.93. The molecule has 2 fully saturated rings. The molecule has 2 aliphatic heterocycles. The molecule has 1 unspecified atom stereocenters. The lowest BCUT2D eigenvalue weighted by molar-refractivity contribution is -0.384. The van der Waals surface area contributed by atoms with Crippen molar-refractivity contribution in [2.75, 3.05) is 39.4 Å². The second kappa shape index (κ2) is 9.74. The van der Waals surface area contributed by atoms with Gasteiger partial charge >= 0.3 is 0 Å². The van der Waals surface area contributed by atoms with E-state index in [1.54, 1.807) is 6.07 Å². The molecule has 0 aliphatic carbocycles. The van der Waals surface area contributed by atoms with E-state index in [9.17, 15) is 24.8 Å². The highest BCUT2D eigenvalue weighted by molar-refractivity contribution is 6.46. The molecule has 2 aromatic rings. The van der Waals surface area contributed by atoms with Crippen molar-refractivity contribution in [1.29, 1.82) is 0 Å². The Morgan fingerprint density at radius 2 is 1.76 bits per heavy atom. The van der Waals surface area contributed by atoms with Crippen molar-refractivity contribution < 1.29 is 24.4 Å². The fourth-order valence-electron chi connectivity index (χ4n) is 4.45. The first-order valence-electron chi connectivity index (χ1n) is 11.2. The summed E-state index contributed by atoms with van der Waals surface area (Å²) < 4.78 is 5.38. The minimum atomic E-state index is -0.846. The fraction of sp³-hybridized carbons (Fsp3) is 0.360. The highest BCUT2D eigenvalue weighted by Gasteiger charge is 2.46. The number of hydrogen-bond donors (Lipinski definition) is 1. The summed E-state index contributed by atoms with van der Waals surface area (Å²) in [7, 11) is 0. The smallest absolute Gasteiger partial charge is 0.295 e. The van der Waals surface area contributed by atoms with E-state index in [4.69, 9.17) is 4.74 Å². The van der Waals surface area contributed by atoms with Crippen LogP contribution in [-0.2, 0) is 14.3 Å². The number of carbonyl (C=O) groups excluding carboxylic acids is 2. The van der Waals surface area contributed by atoms with Gasteiger partial charge in [0.2, 0.25) is 0 Å². The second-order valence-electron chi connectivity index (χ2n) is 8.61. The van der Waals surface area contributed by atoms with Gasteiger partial charge in [0.1, 0.15) is 5.76 Å².